The molecule has 1 aromatic carbocycles. The summed E-state index contributed by atoms with van der Waals surface area (Å²) in [7, 11) is 0. The molecule has 0 aliphatic carbocycles. The molecule has 0 aromatic heterocycles. The van der Waals surface area contributed by atoms with Crippen molar-refractivity contribution in [1.82, 2.24) is 0 Å². The van der Waals surface area contributed by atoms with Crippen LogP contribution < -0.4 is 5.73 Å². The van der Waals surface area contributed by atoms with Crippen LogP contribution in [0.3, 0.4) is 0 Å². The topological polar surface area (TPSA) is 26.0 Å². The number of alkyl halides is 2. The molecule has 0 unspecified atom stereocenters. The molecule has 1 nitrogen and oxygen atoms in total. The van der Waals surface area contributed by atoms with E-state index in [1.165, 1.54) is 0 Å². The van der Waals surface area contributed by atoms with Gasteiger partial charge < -0.3 is 5.73 Å². The van der Waals surface area contributed by atoms with Crippen molar-refractivity contribution in [3.63, 3.8) is 0 Å². The molecule has 0 fully saturated rings. The Kier molecular flexibility index (Phi) is 2.92. The van der Waals surface area contributed by atoms with E-state index in [2.05, 4.69) is 0 Å². The third kappa shape index (κ3) is 2.37. The van der Waals surface area contributed by atoms with E-state index < -0.39 is 5.76 Å². The molecule has 0 saturated heterocycles. The third-order valence-electron chi connectivity index (χ3n) is 1.38. The molecule has 0 bridgehead atoms. The van der Waals surface area contributed by atoms with Crippen molar-refractivity contribution in [2.45, 2.75) is 17.6 Å². The maximum Gasteiger partial charge on any atom is 0.288 e. The number of benzene rings is 1. The molecule has 1 aromatic rings. The quantitative estimate of drug-likeness (QED) is 0.571. The minimum Gasteiger partial charge on any atom is -0.398 e. The minimum atomic E-state index is -2.41. The molecular formula is C8H9F2NS. The highest BCUT2D eigenvalue weighted by molar-refractivity contribution is 7.99. The van der Waals surface area contributed by atoms with Gasteiger partial charge in [-0.3, -0.25) is 0 Å². The summed E-state index contributed by atoms with van der Waals surface area (Å²) < 4.78 is 23.8. The fourth-order valence-electron chi connectivity index (χ4n) is 0.871. The van der Waals surface area contributed by atoms with Crippen LogP contribution in [0.25, 0.3) is 0 Å². The summed E-state index contributed by atoms with van der Waals surface area (Å²) in [4.78, 5) is 0.440. The molecule has 0 aliphatic rings. The highest BCUT2D eigenvalue weighted by Crippen LogP contribution is 2.30. The highest BCUT2D eigenvalue weighted by atomic mass is 32.2. The van der Waals surface area contributed by atoms with Crippen LogP contribution in [0.1, 0.15) is 5.56 Å². The maximum absolute atomic E-state index is 11.9. The van der Waals surface area contributed by atoms with Gasteiger partial charge in [-0.1, -0.05) is 17.8 Å². The number of hydrogen-bond donors (Lipinski definition) is 1. The lowest BCUT2D eigenvalue weighted by molar-refractivity contribution is 0.252. The van der Waals surface area contributed by atoms with Gasteiger partial charge in [-0.25, -0.2) is 0 Å². The van der Waals surface area contributed by atoms with Crippen LogP contribution in [-0.4, -0.2) is 5.76 Å². The molecule has 0 atom stereocenters. The minimum absolute atomic E-state index is 0.417. The summed E-state index contributed by atoms with van der Waals surface area (Å²) >= 11 is 0.475. The normalized spacial score (nSPS) is 10.7. The SMILES string of the molecule is Cc1ccc(SC(F)F)c(N)c1. The summed E-state index contributed by atoms with van der Waals surface area (Å²) in [5.41, 5.74) is 6.91. The van der Waals surface area contributed by atoms with Crippen LogP contribution in [0.5, 0.6) is 0 Å². The Balaban J connectivity index is 2.86. The second kappa shape index (κ2) is 3.76. The zero-order valence-corrected chi connectivity index (χ0v) is 7.37. The molecule has 0 spiro atoms. The van der Waals surface area contributed by atoms with Gasteiger partial charge in [-0.15, -0.1) is 0 Å². The Bertz CT molecular complexity index is 276. The van der Waals surface area contributed by atoms with E-state index in [0.29, 0.717) is 22.3 Å². The Morgan fingerprint density at radius 1 is 1.42 bits per heavy atom. The summed E-state index contributed by atoms with van der Waals surface area (Å²) in [6, 6.07) is 5.06. The molecule has 4 heteroatoms. The summed E-state index contributed by atoms with van der Waals surface area (Å²) in [6.45, 7) is 1.87. The molecule has 66 valence electrons. The van der Waals surface area contributed by atoms with Crippen molar-refractivity contribution in [2.75, 3.05) is 5.73 Å². The lowest BCUT2D eigenvalue weighted by Crippen LogP contribution is -1.91. The highest BCUT2D eigenvalue weighted by Gasteiger charge is 2.07. The first-order valence-electron chi connectivity index (χ1n) is 3.40. The summed E-state index contributed by atoms with van der Waals surface area (Å²) in [5.74, 6) is -2.41. The van der Waals surface area contributed by atoms with Crippen molar-refractivity contribution in [2.24, 2.45) is 0 Å². The number of aryl methyl sites for hydroxylation is 1. The van der Waals surface area contributed by atoms with Crippen LogP contribution in [0.2, 0.25) is 0 Å². The molecule has 0 heterocycles. The van der Waals surface area contributed by atoms with Crippen LogP contribution >= 0.6 is 11.8 Å². The fourth-order valence-corrected chi connectivity index (χ4v) is 1.40. The van der Waals surface area contributed by atoms with Gasteiger partial charge in [0.05, 0.1) is 0 Å². The smallest absolute Gasteiger partial charge is 0.288 e. The van der Waals surface area contributed by atoms with Crippen LogP contribution in [0, 0.1) is 6.92 Å². The van der Waals surface area contributed by atoms with Gasteiger partial charge in [0, 0.05) is 10.6 Å². The fraction of sp³-hybridized carbons (Fsp3) is 0.250. The first-order chi connectivity index (χ1) is 5.59. The van der Waals surface area contributed by atoms with Gasteiger partial charge in [0.25, 0.3) is 5.76 Å². The zero-order valence-electron chi connectivity index (χ0n) is 6.55. The average molecular weight is 189 g/mol. The number of rotatable bonds is 2. The van der Waals surface area contributed by atoms with Crippen LogP contribution in [0.15, 0.2) is 23.1 Å². The number of thioether (sulfide) groups is 1. The first-order valence-corrected chi connectivity index (χ1v) is 4.28. The van der Waals surface area contributed by atoms with E-state index in [4.69, 9.17) is 5.73 Å². The van der Waals surface area contributed by atoms with E-state index in [-0.39, 0.29) is 0 Å². The Morgan fingerprint density at radius 3 is 2.58 bits per heavy atom. The standard InChI is InChI=1S/C8H9F2NS/c1-5-2-3-7(6(11)4-5)12-8(9)10/h2-4,8H,11H2,1H3. The van der Waals surface area contributed by atoms with Crippen molar-refractivity contribution in [3.05, 3.63) is 23.8 Å². The zero-order chi connectivity index (χ0) is 9.14. The number of anilines is 1. The van der Waals surface area contributed by atoms with Gasteiger partial charge >= 0.3 is 0 Å². The van der Waals surface area contributed by atoms with Crippen molar-refractivity contribution >= 4 is 17.4 Å². The lowest BCUT2D eigenvalue weighted by atomic mass is 10.2. The van der Waals surface area contributed by atoms with E-state index in [0.717, 1.165) is 5.56 Å². The molecule has 12 heavy (non-hydrogen) atoms. The van der Waals surface area contributed by atoms with Gasteiger partial charge in [0.15, 0.2) is 0 Å². The largest absolute Gasteiger partial charge is 0.398 e. The molecule has 1 rings (SSSR count). The lowest BCUT2D eigenvalue weighted by Gasteiger charge is -2.04. The predicted molar refractivity (Wildman–Crippen MR) is 47.5 cm³/mol. The van der Waals surface area contributed by atoms with Crippen molar-refractivity contribution in [3.8, 4) is 0 Å². The van der Waals surface area contributed by atoms with Crippen LogP contribution in [-0.2, 0) is 0 Å². The van der Waals surface area contributed by atoms with E-state index in [1.54, 1.807) is 18.2 Å². The Morgan fingerprint density at radius 2 is 2.08 bits per heavy atom. The van der Waals surface area contributed by atoms with Gasteiger partial charge in [0.2, 0.25) is 0 Å². The summed E-state index contributed by atoms with van der Waals surface area (Å²) in [5, 5.41) is 0. The Labute approximate surface area is 74.0 Å². The van der Waals surface area contributed by atoms with E-state index in [1.807, 2.05) is 6.92 Å². The molecule has 0 amide bonds. The second-order valence-electron chi connectivity index (χ2n) is 2.42. The van der Waals surface area contributed by atoms with Crippen molar-refractivity contribution in [1.29, 1.82) is 0 Å². The first kappa shape index (κ1) is 9.32. The predicted octanol–water partition coefficient (Wildman–Crippen LogP) is 2.89. The third-order valence-corrected chi connectivity index (χ3v) is 2.19. The van der Waals surface area contributed by atoms with Crippen molar-refractivity contribution < 1.29 is 8.78 Å². The van der Waals surface area contributed by atoms with E-state index in [9.17, 15) is 8.78 Å². The van der Waals surface area contributed by atoms with Gasteiger partial charge in [-0.05, 0) is 24.6 Å². The molecule has 0 saturated carbocycles. The summed E-state index contributed by atoms with van der Waals surface area (Å²) in [6.07, 6.45) is 0. The second-order valence-corrected chi connectivity index (χ2v) is 3.45. The number of hydrogen-bond acceptors (Lipinski definition) is 2. The molecular weight excluding hydrogens is 180 g/mol. The molecule has 0 aliphatic heterocycles. The average Bonchev–Trinajstić information content (AvgIpc) is 1.94. The number of nitrogens with two attached hydrogens (primary N) is 1. The monoisotopic (exact) mass is 189 g/mol. The van der Waals surface area contributed by atoms with Crippen LogP contribution in [0.4, 0.5) is 14.5 Å². The number of halogens is 2. The van der Waals surface area contributed by atoms with Gasteiger partial charge in [0.1, 0.15) is 0 Å². The molecule has 2 N–H and O–H groups in total. The maximum atomic E-state index is 11.9. The number of nitrogen functional groups attached to an aromatic ring is 1. The Hall–Kier alpha value is -0.770. The van der Waals surface area contributed by atoms with E-state index >= 15 is 0 Å². The molecule has 0 radical (unpaired) electrons. The van der Waals surface area contributed by atoms with Gasteiger partial charge in [-0.2, -0.15) is 8.78 Å².